The van der Waals surface area contributed by atoms with Crippen LogP contribution in [0.4, 0.5) is 13.2 Å². The Morgan fingerprint density at radius 1 is 1.32 bits per heavy atom. The topological polar surface area (TPSA) is 72.8 Å². The van der Waals surface area contributed by atoms with E-state index in [1.807, 2.05) is 23.5 Å². The van der Waals surface area contributed by atoms with Gasteiger partial charge >= 0.3 is 6.18 Å². The first-order chi connectivity index (χ1) is 13.4. The molecule has 6 nitrogen and oxygen atoms in total. The van der Waals surface area contributed by atoms with Crippen LogP contribution in [0.15, 0.2) is 53.8 Å². The van der Waals surface area contributed by atoms with E-state index in [1.54, 1.807) is 13.2 Å². The molecule has 2 atom stereocenters. The fourth-order valence-corrected chi connectivity index (χ4v) is 2.80. The van der Waals surface area contributed by atoms with E-state index >= 15 is 0 Å². The summed E-state index contributed by atoms with van der Waals surface area (Å²) in [5, 5.41) is 5.82. The maximum Gasteiger partial charge on any atom is 0.414 e. The second-order valence-electron chi connectivity index (χ2n) is 6.22. The van der Waals surface area contributed by atoms with Gasteiger partial charge in [0.05, 0.1) is 18.5 Å². The van der Waals surface area contributed by atoms with Crippen molar-refractivity contribution < 1.29 is 27.5 Å². The number of aromatic nitrogens is 1. The minimum atomic E-state index is -4.69. The number of oxime groups is 1. The highest BCUT2D eigenvalue weighted by Crippen LogP contribution is 2.32. The van der Waals surface area contributed by atoms with Crippen LogP contribution in [0.3, 0.4) is 0 Å². The monoisotopic (exact) mass is 393 g/mol. The largest absolute Gasteiger partial charge is 0.497 e. The van der Waals surface area contributed by atoms with Gasteiger partial charge in [-0.25, -0.2) is 0 Å². The number of nitrogens with one attached hydrogen (secondary N) is 1. The molecule has 0 radical (unpaired) electrons. The van der Waals surface area contributed by atoms with Crippen molar-refractivity contribution in [1.29, 1.82) is 0 Å². The predicted molar refractivity (Wildman–Crippen MR) is 94.8 cm³/mol. The number of halogens is 3. The van der Waals surface area contributed by atoms with Gasteiger partial charge in [-0.05, 0) is 29.8 Å². The zero-order chi connectivity index (χ0) is 20.1. The van der Waals surface area contributed by atoms with Gasteiger partial charge in [-0.2, -0.15) is 13.2 Å². The number of methoxy groups -OCH3 is 1. The van der Waals surface area contributed by atoms with Crippen LogP contribution in [0.5, 0.6) is 5.75 Å². The zero-order valence-corrected chi connectivity index (χ0v) is 14.9. The average Bonchev–Trinajstić information content (AvgIpc) is 3.14. The molecule has 1 aromatic heterocycles. The van der Waals surface area contributed by atoms with Crippen LogP contribution in [-0.4, -0.2) is 36.0 Å². The van der Waals surface area contributed by atoms with Gasteiger partial charge < -0.3 is 14.9 Å². The molecule has 1 aliphatic heterocycles. The summed E-state index contributed by atoms with van der Waals surface area (Å²) in [5.41, 5.74) is 1.16. The number of ether oxygens (including phenoxy) is 1. The average molecular weight is 393 g/mol. The number of alkyl halides is 3. The lowest BCUT2D eigenvalue weighted by Crippen LogP contribution is -2.43. The third-order valence-corrected chi connectivity index (χ3v) is 4.16. The normalized spacial score (nSPS) is 17.4. The van der Waals surface area contributed by atoms with E-state index in [-0.39, 0.29) is 12.1 Å². The van der Waals surface area contributed by atoms with Crippen LogP contribution >= 0.6 is 0 Å². The summed E-state index contributed by atoms with van der Waals surface area (Å²) in [6, 6.07) is 9.20. The van der Waals surface area contributed by atoms with E-state index in [2.05, 4.69) is 10.1 Å². The van der Waals surface area contributed by atoms with Gasteiger partial charge in [-0.15, -0.1) is 0 Å². The zero-order valence-electron chi connectivity index (χ0n) is 14.9. The van der Waals surface area contributed by atoms with E-state index in [1.165, 1.54) is 24.4 Å². The number of hydrogen-bond acceptors (Lipinski definition) is 5. The number of carbonyl (C=O) groups is 1. The van der Waals surface area contributed by atoms with Gasteiger partial charge in [0.1, 0.15) is 5.75 Å². The number of amides is 1. The number of carbonyl (C=O) groups excluding carboxylic acids is 1. The summed E-state index contributed by atoms with van der Waals surface area (Å²) < 4.78 is 45.2. The Labute approximate surface area is 159 Å². The van der Waals surface area contributed by atoms with Gasteiger partial charge in [0.25, 0.3) is 5.91 Å². The lowest BCUT2D eigenvalue weighted by molar-refractivity contribution is -0.167. The second-order valence-corrected chi connectivity index (χ2v) is 6.22. The summed E-state index contributed by atoms with van der Waals surface area (Å²) in [5.74, 6) is -0.216. The quantitative estimate of drug-likeness (QED) is 0.818. The predicted octanol–water partition coefficient (Wildman–Crippen LogP) is 3.20. The summed E-state index contributed by atoms with van der Waals surface area (Å²) in [6.45, 7) is 0. The van der Waals surface area contributed by atoms with Gasteiger partial charge in [0.15, 0.2) is 6.04 Å². The fraction of sp³-hybridized carbons (Fsp3) is 0.316. The minimum Gasteiger partial charge on any atom is -0.497 e. The van der Waals surface area contributed by atoms with Crippen LogP contribution < -0.4 is 10.1 Å². The van der Waals surface area contributed by atoms with Crippen molar-refractivity contribution in [2.75, 3.05) is 7.11 Å². The van der Waals surface area contributed by atoms with Crippen molar-refractivity contribution in [1.82, 2.24) is 10.3 Å². The van der Waals surface area contributed by atoms with Crippen molar-refractivity contribution in [3.05, 3.63) is 59.9 Å². The molecule has 2 unspecified atom stereocenters. The van der Waals surface area contributed by atoms with E-state index in [0.717, 1.165) is 5.56 Å². The van der Waals surface area contributed by atoms with E-state index in [9.17, 15) is 18.0 Å². The Kier molecular flexibility index (Phi) is 5.81. The number of rotatable bonds is 6. The van der Waals surface area contributed by atoms with E-state index in [4.69, 9.17) is 9.57 Å². The maximum absolute atomic E-state index is 13.4. The highest BCUT2D eigenvalue weighted by Gasteiger charge is 2.44. The highest BCUT2D eigenvalue weighted by atomic mass is 19.4. The molecule has 0 saturated carbocycles. The molecular weight excluding hydrogens is 375 g/mol. The smallest absolute Gasteiger partial charge is 0.414 e. The summed E-state index contributed by atoms with van der Waals surface area (Å²) in [6.07, 6.45) is -4.05. The maximum atomic E-state index is 13.4. The molecule has 1 aromatic carbocycles. The third-order valence-electron chi connectivity index (χ3n) is 4.16. The highest BCUT2D eigenvalue weighted by molar-refractivity contribution is 5.94. The summed E-state index contributed by atoms with van der Waals surface area (Å²) in [7, 11) is 1.55. The molecule has 0 fully saturated rings. The number of hydrogen-bond donors (Lipinski definition) is 1. The Morgan fingerprint density at radius 3 is 2.82 bits per heavy atom. The lowest BCUT2D eigenvalue weighted by Gasteiger charge is -2.22. The van der Waals surface area contributed by atoms with Gasteiger partial charge in [-0.3, -0.25) is 9.78 Å². The van der Waals surface area contributed by atoms with Gasteiger partial charge in [0.2, 0.25) is 6.10 Å². The van der Waals surface area contributed by atoms with Crippen LogP contribution in [-0.2, 0) is 16.1 Å². The van der Waals surface area contributed by atoms with Crippen molar-refractivity contribution >= 4 is 11.6 Å². The second kappa shape index (κ2) is 8.28. The van der Waals surface area contributed by atoms with Crippen molar-refractivity contribution in [2.45, 2.75) is 31.2 Å². The fourth-order valence-electron chi connectivity index (χ4n) is 2.80. The Bertz CT molecular complexity index is 856. The van der Waals surface area contributed by atoms with Gasteiger partial charge in [-0.1, -0.05) is 23.4 Å². The molecule has 2 aromatic rings. The van der Waals surface area contributed by atoms with E-state index in [0.29, 0.717) is 17.9 Å². The van der Waals surface area contributed by atoms with Crippen molar-refractivity contribution in [3.63, 3.8) is 0 Å². The van der Waals surface area contributed by atoms with Crippen LogP contribution in [0.1, 0.15) is 23.7 Å². The first-order valence-electron chi connectivity index (χ1n) is 8.49. The van der Waals surface area contributed by atoms with Crippen LogP contribution in [0, 0.1) is 0 Å². The molecule has 1 amide bonds. The van der Waals surface area contributed by atoms with Crippen molar-refractivity contribution in [2.24, 2.45) is 5.16 Å². The first kappa shape index (κ1) is 19.7. The molecule has 0 aliphatic carbocycles. The lowest BCUT2D eigenvalue weighted by atomic mass is 10.0. The number of pyridine rings is 1. The molecule has 2 heterocycles. The van der Waals surface area contributed by atoms with E-state index < -0.39 is 24.2 Å². The Hall–Kier alpha value is -3.10. The molecule has 0 saturated heterocycles. The number of nitrogens with zero attached hydrogens (tertiary/aromatic N) is 2. The summed E-state index contributed by atoms with van der Waals surface area (Å²) in [4.78, 5) is 21.1. The summed E-state index contributed by atoms with van der Waals surface area (Å²) >= 11 is 0. The van der Waals surface area contributed by atoms with Crippen molar-refractivity contribution in [3.8, 4) is 5.75 Å². The SMILES string of the molecule is COc1cccc(CC2=NOC(C(=O)NC(c3ccccn3)C(F)(F)F)C2)c1. The molecule has 28 heavy (non-hydrogen) atoms. The number of benzene rings is 1. The molecule has 0 bridgehead atoms. The van der Waals surface area contributed by atoms with Crippen LogP contribution in [0.2, 0.25) is 0 Å². The molecular formula is C19H18F3N3O3. The standard InChI is InChI=1S/C19H18F3N3O3/c1-27-14-6-4-5-12(10-14)9-13-11-16(28-25-13)18(26)24-17(19(20,21)22)15-7-2-3-8-23-15/h2-8,10,16-17H,9,11H2,1H3,(H,24,26). The molecule has 1 aliphatic rings. The van der Waals surface area contributed by atoms with Crippen LogP contribution in [0.25, 0.3) is 0 Å². The molecule has 9 heteroatoms. The molecule has 1 N–H and O–H groups in total. The molecule has 0 spiro atoms. The molecule has 3 rings (SSSR count). The first-order valence-corrected chi connectivity index (χ1v) is 8.49. The molecule has 148 valence electrons. The minimum absolute atomic E-state index is 0.107. The third kappa shape index (κ3) is 4.79. The Morgan fingerprint density at radius 2 is 2.14 bits per heavy atom. The Balaban J connectivity index is 1.62. The van der Waals surface area contributed by atoms with Gasteiger partial charge in [0, 0.05) is 19.0 Å².